The molecule has 84 valence electrons. The Hall–Kier alpha value is -1.71. The number of hydrogen-bond acceptors (Lipinski definition) is 3. The van der Waals surface area contributed by atoms with Crippen molar-refractivity contribution in [3.05, 3.63) is 39.9 Å². The van der Waals surface area contributed by atoms with E-state index in [2.05, 4.69) is 0 Å². The highest BCUT2D eigenvalue weighted by Crippen LogP contribution is 2.31. The Morgan fingerprint density at radius 3 is 2.62 bits per heavy atom. The first-order valence-electron chi connectivity index (χ1n) is 5.45. The van der Waals surface area contributed by atoms with Crippen LogP contribution < -0.4 is 0 Å². The maximum absolute atomic E-state index is 11.9. The molecule has 2 rings (SSSR count). The SMILES string of the molecule is O=C(CC1CCC1)c1ccccc1[N+](=O)[O-]. The Morgan fingerprint density at radius 1 is 1.38 bits per heavy atom. The highest BCUT2D eigenvalue weighted by molar-refractivity contribution is 5.99. The Labute approximate surface area is 93.4 Å². The fourth-order valence-electron chi connectivity index (χ4n) is 1.94. The van der Waals surface area contributed by atoms with E-state index in [-0.39, 0.29) is 17.0 Å². The first-order chi connectivity index (χ1) is 7.68. The van der Waals surface area contributed by atoms with Gasteiger partial charge in [0.2, 0.25) is 0 Å². The third kappa shape index (κ3) is 2.10. The van der Waals surface area contributed by atoms with Crippen LogP contribution in [0.25, 0.3) is 0 Å². The number of carbonyl (C=O) groups excluding carboxylic acids is 1. The van der Waals surface area contributed by atoms with Gasteiger partial charge in [-0.2, -0.15) is 0 Å². The fraction of sp³-hybridized carbons (Fsp3) is 0.417. The van der Waals surface area contributed by atoms with Gasteiger partial charge in [0, 0.05) is 12.5 Å². The first kappa shape index (κ1) is 10.8. The molecule has 0 amide bonds. The molecule has 0 atom stereocenters. The zero-order chi connectivity index (χ0) is 11.5. The minimum atomic E-state index is -0.492. The zero-order valence-corrected chi connectivity index (χ0v) is 8.89. The molecule has 1 aromatic carbocycles. The van der Waals surface area contributed by atoms with Gasteiger partial charge < -0.3 is 0 Å². The number of Topliss-reactive ketones (excluding diaryl/α,β-unsaturated/α-hetero) is 1. The number of nitrogens with zero attached hydrogens (tertiary/aromatic N) is 1. The van der Waals surface area contributed by atoms with Crippen LogP contribution in [0.15, 0.2) is 24.3 Å². The summed E-state index contributed by atoms with van der Waals surface area (Å²) in [6, 6.07) is 6.17. The number of hydrogen-bond donors (Lipinski definition) is 0. The van der Waals surface area contributed by atoms with Gasteiger partial charge in [-0.1, -0.05) is 31.4 Å². The molecule has 0 heterocycles. The van der Waals surface area contributed by atoms with E-state index in [1.807, 2.05) is 0 Å². The molecule has 1 aliphatic rings. The summed E-state index contributed by atoms with van der Waals surface area (Å²) in [4.78, 5) is 22.1. The number of benzene rings is 1. The van der Waals surface area contributed by atoms with E-state index < -0.39 is 4.92 Å². The van der Waals surface area contributed by atoms with Crippen molar-refractivity contribution < 1.29 is 9.72 Å². The normalized spacial score (nSPS) is 15.5. The lowest BCUT2D eigenvalue weighted by atomic mass is 9.81. The highest BCUT2D eigenvalue weighted by atomic mass is 16.6. The molecule has 0 unspecified atom stereocenters. The topological polar surface area (TPSA) is 60.2 Å². The zero-order valence-electron chi connectivity index (χ0n) is 8.89. The lowest BCUT2D eigenvalue weighted by Crippen LogP contribution is -2.16. The molecule has 1 aliphatic carbocycles. The number of rotatable bonds is 4. The van der Waals surface area contributed by atoms with Crippen LogP contribution in [0.1, 0.15) is 36.0 Å². The predicted octanol–water partition coefficient (Wildman–Crippen LogP) is 2.97. The summed E-state index contributed by atoms with van der Waals surface area (Å²) in [5.41, 5.74) is 0.172. The van der Waals surface area contributed by atoms with E-state index in [0.29, 0.717) is 12.3 Å². The summed E-state index contributed by atoms with van der Waals surface area (Å²) in [6.07, 6.45) is 3.78. The molecule has 4 nitrogen and oxygen atoms in total. The molecule has 0 spiro atoms. The van der Waals surface area contributed by atoms with Crippen molar-refractivity contribution in [2.75, 3.05) is 0 Å². The average Bonchev–Trinajstić information content (AvgIpc) is 2.23. The van der Waals surface area contributed by atoms with Gasteiger partial charge in [-0.15, -0.1) is 0 Å². The van der Waals surface area contributed by atoms with Gasteiger partial charge in [-0.3, -0.25) is 14.9 Å². The van der Waals surface area contributed by atoms with Crippen LogP contribution in [0.3, 0.4) is 0 Å². The predicted molar refractivity (Wildman–Crippen MR) is 59.4 cm³/mol. The van der Waals surface area contributed by atoms with E-state index in [1.165, 1.54) is 12.5 Å². The van der Waals surface area contributed by atoms with Crippen molar-refractivity contribution in [3.63, 3.8) is 0 Å². The number of nitro benzene ring substituents is 1. The van der Waals surface area contributed by atoms with E-state index in [1.54, 1.807) is 18.2 Å². The molecule has 1 fully saturated rings. The summed E-state index contributed by atoms with van der Waals surface area (Å²) in [6.45, 7) is 0. The maximum Gasteiger partial charge on any atom is 0.280 e. The quantitative estimate of drug-likeness (QED) is 0.444. The molecule has 0 aromatic heterocycles. The lowest BCUT2D eigenvalue weighted by Gasteiger charge is -2.24. The Bertz CT molecular complexity index is 424. The van der Waals surface area contributed by atoms with Crippen LogP contribution in [0.5, 0.6) is 0 Å². The van der Waals surface area contributed by atoms with Gasteiger partial charge in [0.25, 0.3) is 5.69 Å². The molecular weight excluding hydrogens is 206 g/mol. The lowest BCUT2D eigenvalue weighted by molar-refractivity contribution is -0.385. The van der Waals surface area contributed by atoms with Gasteiger partial charge in [-0.25, -0.2) is 0 Å². The summed E-state index contributed by atoms with van der Waals surface area (Å²) in [5.74, 6) is 0.337. The largest absolute Gasteiger partial charge is 0.294 e. The van der Waals surface area contributed by atoms with Crippen molar-refractivity contribution in [1.82, 2.24) is 0 Å². The van der Waals surface area contributed by atoms with E-state index in [9.17, 15) is 14.9 Å². The van der Waals surface area contributed by atoms with Crippen molar-refractivity contribution in [3.8, 4) is 0 Å². The third-order valence-corrected chi connectivity index (χ3v) is 3.10. The van der Waals surface area contributed by atoms with Crippen molar-refractivity contribution in [2.45, 2.75) is 25.7 Å². The van der Waals surface area contributed by atoms with Crippen molar-refractivity contribution >= 4 is 11.5 Å². The van der Waals surface area contributed by atoms with E-state index in [0.717, 1.165) is 12.8 Å². The summed E-state index contributed by atoms with van der Waals surface area (Å²) < 4.78 is 0. The van der Waals surface area contributed by atoms with Gasteiger partial charge in [-0.05, 0) is 12.0 Å². The molecule has 16 heavy (non-hydrogen) atoms. The summed E-state index contributed by atoms with van der Waals surface area (Å²) in [7, 11) is 0. The maximum atomic E-state index is 11.9. The van der Waals surface area contributed by atoms with Crippen LogP contribution in [0.2, 0.25) is 0 Å². The Kier molecular flexibility index (Phi) is 2.99. The van der Waals surface area contributed by atoms with E-state index in [4.69, 9.17) is 0 Å². The minimum Gasteiger partial charge on any atom is -0.294 e. The second-order valence-electron chi connectivity index (χ2n) is 4.20. The fourth-order valence-corrected chi connectivity index (χ4v) is 1.94. The number of ketones is 1. The highest BCUT2D eigenvalue weighted by Gasteiger charge is 2.25. The van der Waals surface area contributed by atoms with Gasteiger partial charge >= 0.3 is 0 Å². The molecule has 4 heteroatoms. The molecule has 0 aliphatic heterocycles. The molecule has 1 saturated carbocycles. The molecule has 1 aromatic rings. The van der Waals surface area contributed by atoms with Crippen LogP contribution in [-0.4, -0.2) is 10.7 Å². The molecular formula is C12H13NO3. The molecule has 0 saturated heterocycles. The Balaban J connectivity index is 2.18. The van der Waals surface area contributed by atoms with Gasteiger partial charge in [0.15, 0.2) is 5.78 Å². The third-order valence-electron chi connectivity index (χ3n) is 3.10. The second-order valence-corrected chi connectivity index (χ2v) is 4.20. The first-order valence-corrected chi connectivity index (χ1v) is 5.45. The van der Waals surface area contributed by atoms with Crippen LogP contribution in [-0.2, 0) is 0 Å². The summed E-state index contributed by atoms with van der Waals surface area (Å²) in [5, 5.41) is 10.7. The van der Waals surface area contributed by atoms with Crippen molar-refractivity contribution in [2.24, 2.45) is 5.92 Å². The van der Waals surface area contributed by atoms with Gasteiger partial charge in [0.05, 0.1) is 10.5 Å². The molecule has 0 N–H and O–H groups in total. The minimum absolute atomic E-state index is 0.0770. The monoisotopic (exact) mass is 219 g/mol. The smallest absolute Gasteiger partial charge is 0.280 e. The van der Waals surface area contributed by atoms with Crippen LogP contribution >= 0.6 is 0 Å². The second kappa shape index (κ2) is 4.43. The average molecular weight is 219 g/mol. The number of nitro groups is 1. The molecule has 0 radical (unpaired) electrons. The van der Waals surface area contributed by atoms with Crippen molar-refractivity contribution in [1.29, 1.82) is 0 Å². The number of carbonyl (C=O) groups is 1. The number of para-hydroxylation sites is 1. The standard InChI is InChI=1S/C12H13NO3/c14-12(8-9-4-3-5-9)10-6-1-2-7-11(10)13(15)16/h1-2,6-7,9H,3-5,8H2. The summed E-state index contributed by atoms with van der Waals surface area (Å²) >= 11 is 0. The van der Waals surface area contributed by atoms with Crippen LogP contribution in [0, 0.1) is 16.0 Å². The van der Waals surface area contributed by atoms with E-state index >= 15 is 0 Å². The van der Waals surface area contributed by atoms with Gasteiger partial charge in [0.1, 0.15) is 0 Å². The van der Waals surface area contributed by atoms with Crippen LogP contribution in [0.4, 0.5) is 5.69 Å². The Morgan fingerprint density at radius 2 is 2.06 bits per heavy atom. The molecule has 0 bridgehead atoms.